The minimum atomic E-state index is -0.468. The van der Waals surface area contributed by atoms with Crippen LogP contribution in [-0.2, 0) is 16.0 Å². The van der Waals surface area contributed by atoms with Gasteiger partial charge >= 0.3 is 0 Å². The minimum absolute atomic E-state index is 0.117. The highest BCUT2D eigenvalue weighted by Crippen LogP contribution is 2.11. The van der Waals surface area contributed by atoms with E-state index in [2.05, 4.69) is 11.5 Å². The summed E-state index contributed by atoms with van der Waals surface area (Å²) >= 11 is 1.69. The molecule has 1 unspecified atom stereocenters. The predicted molar refractivity (Wildman–Crippen MR) is 64.9 cm³/mol. The molecule has 0 saturated carbocycles. The molecule has 0 aliphatic rings. The molecule has 0 saturated heterocycles. The molecule has 0 aromatic carbocycles. The van der Waals surface area contributed by atoms with Gasteiger partial charge in [-0.3, -0.25) is 10.2 Å². The Kier molecular flexibility index (Phi) is 5.45. The summed E-state index contributed by atoms with van der Waals surface area (Å²) in [7, 11) is 0. The van der Waals surface area contributed by atoms with Crippen molar-refractivity contribution in [1.29, 1.82) is 0 Å². The predicted octanol–water partition coefficient (Wildman–Crippen LogP) is 1.32. The van der Waals surface area contributed by atoms with Gasteiger partial charge in [-0.05, 0) is 17.4 Å². The highest BCUT2D eigenvalue weighted by molar-refractivity contribution is 7.09. The number of nitrogens with two attached hydrogens (primary N) is 1. The number of nitrogens with one attached hydrogen (secondary N) is 1. The fourth-order valence-electron chi connectivity index (χ4n) is 1.39. The number of carbonyl (C=O) groups excluding carboxylic acids is 1. The Hall–Kier alpha value is -0.910. The van der Waals surface area contributed by atoms with E-state index in [9.17, 15) is 4.79 Å². The topological polar surface area (TPSA) is 64.3 Å². The van der Waals surface area contributed by atoms with Gasteiger partial charge in [0.1, 0.15) is 6.10 Å². The van der Waals surface area contributed by atoms with Crippen molar-refractivity contribution in [2.24, 2.45) is 11.8 Å². The van der Waals surface area contributed by atoms with Crippen molar-refractivity contribution in [2.75, 3.05) is 6.61 Å². The van der Waals surface area contributed by atoms with Gasteiger partial charge < -0.3 is 4.74 Å². The summed E-state index contributed by atoms with van der Waals surface area (Å²) < 4.78 is 5.54. The van der Waals surface area contributed by atoms with Crippen molar-refractivity contribution in [3.05, 3.63) is 22.4 Å². The van der Waals surface area contributed by atoms with Crippen molar-refractivity contribution in [3.8, 4) is 0 Å². The van der Waals surface area contributed by atoms with Gasteiger partial charge in [-0.25, -0.2) is 5.84 Å². The first-order chi connectivity index (χ1) is 7.65. The maximum absolute atomic E-state index is 11.4. The summed E-state index contributed by atoms with van der Waals surface area (Å²) in [5.41, 5.74) is 2.13. The second-order valence-corrected chi connectivity index (χ2v) is 4.91. The molecule has 90 valence electrons. The number of amides is 1. The van der Waals surface area contributed by atoms with Crippen LogP contribution in [0.25, 0.3) is 0 Å². The first kappa shape index (κ1) is 13.2. The first-order valence-electron chi connectivity index (χ1n) is 5.29. The molecule has 1 aromatic rings. The maximum atomic E-state index is 11.4. The zero-order chi connectivity index (χ0) is 12.0. The average molecular weight is 242 g/mol. The molecule has 0 radical (unpaired) electrons. The summed E-state index contributed by atoms with van der Waals surface area (Å²) in [6.07, 6.45) is 0.364. The van der Waals surface area contributed by atoms with E-state index < -0.39 is 6.10 Å². The molecule has 0 spiro atoms. The summed E-state index contributed by atoms with van der Waals surface area (Å²) in [4.78, 5) is 12.6. The van der Waals surface area contributed by atoms with E-state index in [1.54, 1.807) is 11.3 Å². The smallest absolute Gasteiger partial charge is 0.263 e. The summed E-state index contributed by atoms with van der Waals surface area (Å²) in [6, 6.07) is 4.06. The van der Waals surface area contributed by atoms with Crippen LogP contribution in [0.4, 0.5) is 0 Å². The summed E-state index contributed by atoms with van der Waals surface area (Å²) in [5, 5.41) is 2.03. The molecule has 4 nitrogen and oxygen atoms in total. The number of hydrazine groups is 1. The SMILES string of the molecule is CC(C)C(OCCc1cccs1)C(=O)NN. The van der Waals surface area contributed by atoms with Crippen LogP contribution in [0.1, 0.15) is 18.7 Å². The maximum Gasteiger partial charge on any atom is 0.263 e. The molecule has 0 aliphatic heterocycles. The first-order valence-corrected chi connectivity index (χ1v) is 6.17. The van der Waals surface area contributed by atoms with Gasteiger partial charge in [0.25, 0.3) is 5.91 Å². The number of carbonyl (C=O) groups is 1. The van der Waals surface area contributed by atoms with E-state index in [0.717, 1.165) is 6.42 Å². The van der Waals surface area contributed by atoms with Crippen LogP contribution >= 0.6 is 11.3 Å². The number of ether oxygens (including phenoxy) is 1. The Labute approximate surface area is 99.8 Å². The van der Waals surface area contributed by atoms with Crippen LogP contribution in [0.2, 0.25) is 0 Å². The molecule has 3 N–H and O–H groups in total. The molecule has 5 heteroatoms. The molecule has 1 atom stereocenters. The zero-order valence-corrected chi connectivity index (χ0v) is 10.4. The van der Waals surface area contributed by atoms with Crippen molar-refractivity contribution in [2.45, 2.75) is 26.4 Å². The number of hydrogen-bond donors (Lipinski definition) is 2. The molecule has 1 heterocycles. The molecule has 0 bridgehead atoms. The van der Waals surface area contributed by atoms with E-state index in [4.69, 9.17) is 10.6 Å². The van der Waals surface area contributed by atoms with E-state index >= 15 is 0 Å². The van der Waals surface area contributed by atoms with Crippen LogP contribution in [0.15, 0.2) is 17.5 Å². The van der Waals surface area contributed by atoms with Gasteiger partial charge in [0.2, 0.25) is 0 Å². The monoisotopic (exact) mass is 242 g/mol. The zero-order valence-electron chi connectivity index (χ0n) is 9.60. The molecular formula is C11H18N2O2S. The van der Waals surface area contributed by atoms with Crippen molar-refractivity contribution >= 4 is 17.2 Å². The van der Waals surface area contributed by atoms with Gasteiger partial charge in [0.05, 0.1) is 6.61 Å². The number of thiophene rings is 1. The summed E-state index contributed by atoms with van der Waals surface area (Å²) in [5.74, 6) is 4.95. The lowest BCUT2D eigenvalue weighted by Crippen LogP contribution is -2.43. The molecule has 0 fully saturated rings. The normalized spacial score (nSPS) is 12.8. The van der Waals surface area contributed by atoms with E-state index in [1.165, 1.54) is 4.88 Å². The second kappa shape index (κ2) is 6.62. The summed E-state index contributed by atoms with van der Waals surface area (Å²) in [6.45, 7) is 4.41. The highest BCUT2D eigenvalue weighted by atomic mass is 32.1. The Morgan fingerprint density at radius 2 is 2.38 bits per heavy atom. The lowest BCUT2D eigenvalue weighted by molar-refractivity contribution is -0.135. The Morgan fingerprint density at radius 1 is 1.62 bits per heavy atom. The number of rotatable bonds is 6. The van der Waals surface area contributed by atoms with Gasteiger partial charge in [0, 0.05) is 11.3 Å². The fraction of sp³-hybridized carbons (Fsp3) is 0.545. The fourth-order valence-corrected chi connectivity index (χ4v) is 2.08. The molecule has 16 heavy (non-hydrogen) atoms. The third-order valence-corrected chi connectivity index (χ3v) is 3.17. The third-order valence-electron chi connectivity index (χ3n) is 2.23. The lowest BCUT2D eigenvalue weighted by atomic mass is 10.1. The quantitative estimate of drug-likeness (QED) is 0.449. The van der Waals surface area contributed by atoms with Crippen LogP contribution in [0, 0.1) is 5.92 Å². The van der Waals surface area contributed by atoms with Crippen LogP contribution in [-0.4, -0.2) is 18.6 Å². The van der Waals surface area contributed by atoms with E-state index in [-0.39, 0.29) is 11.8 Å². The average Bonchev–Trinajstić information content (AvgIpc) is 2.75. The van der Waals surface area contributed by atoms with Gasteiger partial charge in [-0.1, -0.05) is 19.9 Å². The molecule has 1 aromatic heterocycles. The number of hydrogen-bond acceptors (Lipinski definition) is 4. The van der Waals surface area contributed by atoms with Gasteiger partial charge in [-0.15, -0.1) is 11.3 Å². The molecule has 1 amide bonds. The van der Waals surface area contributed by atoms with Crippen molar-refractivity contribution in [3.63, 3.8) is 0 Å². The highest BCUT2D eigenvalue weighted by Gasteiger charge is 2.21. The van der Waals surface area contributed by atoms with Crippen LogP contribution in [0.5, 0.6) is 0 Å². The van der Waals surface area contributed by atoms with Crippen molar-refractivity contribution < 1.29 is 9.53 Å². The molecular weight excluding hydrogens is 224 g/mol. The Bertz CT molecular complexity index is 312. The third kappa shape index (κ3) is 3.92. The largest absolute Gasteiger partial charge is 0.368 e. The standard InChI is InChI=1S/C11H18N2O2S/c1-8(2)10(11(14)13-12)15-6-5-9-4-3-7-16-9/h3-4,7-8,10H,5-6,12H2,1-2H3,(H,13,14). The molecule has 0 aliphatic carbocycles. The van der Waals surface area contributed by atoms with Crippen LogP contribution in [0.3, 0.4) is 0 Å². The Balaban J connectivity index is 2.36. The van der Waals surface area contributed by atoms with Gasteiger partial charge in [0.15, 0.2) is 0 Å². The van der Waals surface area contributed by atoms with Crippen molar-refractivity contribution in [1.82, 2.24) is 5.43 Å². The molecule has 1 rings (SSSR count). The van der Waals surface area contributed by atoms with Gasteiger partial charge in [-0.2, -0.15) is 0 Å². The van der Waals surface area contributed by atoms with E-state index in [0.29, 0.717) is 6.61 Å². The van der Waals surface area contributed by atoms with Crippen LogP contribution < -0.4 is 11.3 Å². The lowest BCUT2D eigenvalue weighted by Gasteiger charge is -2.19. The Morgan fingerprint density at radius 3 is 2.88 bits per heavy atom. The minimum Gasteiger partial charge on any atom is -0.368 e. The van der Waals surface area contributed by atoms with E-state index in [1.807, 2.05) is 25.3 Å². The second-order valence-electron chi connectivity index (χ2n) is 3.87.